The third-order valence-corrected chi connectivity index (χ3v) is 3.80. The minimum atomic E-state index is -0.786. The summed E-state index contributed by atoms with van der Waals surface area (Å²) in [6.45, 7) is 1.11. The summed E-state index contributed by atoms with van der Waals surface area (Å²) in [5.41, 5.74) is 4.81. The van der Waals surface area contributed by atoms with Crippen LogP contribution in [-0.2, 0) is 38.7 Å². The molecule has 6 heteroatoms. The molecule has 1 unspecified atom stereocenters. The van der Waals surface area contributed by atoms with Crippen LogP contribution in [0.4, 0.5) is 11.4 Å². The molecule has 2 aliphatic rings. The molecule has 1 atom stereocenters. The molecule has 24 heavy (non-hydrogen) atoms. The summed E-state index contributed by atoms with van der Waals surface area (Å²) in [7, 11) is 0. The molecule has 2 heterocycles. The maximum atomic E-state index is 10.6. The van der Waals surface area contributed by atoms with Crippen LogP contribution >= 0.6 is 12.2 Å². The van der Waals surface area contributed by atoms with Crippen LogP contribution in [-0.4, -0.2) is 29.5 Å². The van der Waals surface area contributed by atoms with Crippen molar-refractivity contribution in [1.29, 1.82) is 0 Å². The topological polar surface area (TPSA) is 61.4 Å². The molecule has 0 bridgehead atoms. The molecule has 0 spiro atoms. The van der Waals surface area contributed by atoms with Crippen LogP contribution in [0.2, 0.25) is 0 Å². The van der Waals surface area contributed by atoms with Gasteiger partial charge >= 0.3 is 5.97 Å². The van der Waals surface area contributed by atoms with Crippen molar-refractivity contribution >= 4 is 35.4 Å². The number of hydrogen-bond donors (Lipinski definition) is 3. The van der Waals surface area contributed by atoms with Crippen LogP contribution < -0.4 is 10.6 Å². The van der Waals surface area contributed by atoms with Gasteiger partial charge in [-0.15, -0.1) is 0 Å². The van der Waals surface area contributed by atoms with Crippen LogP contribution in [0.25, 0.3) is 0 Å². The number of carboxylic acids is 1. The molecule has 0 amide bonds. The zero-order chi connectivity index (χ0) is 16.7. The molecule has 3 N–H and O–H groups in total. The van der Waals surface area contributed by atoms with Gasteiger partial charge < -0.3 is 33.8 Å². The molecule has 0 radical (unpaired) electrons. The minimum Gasteiger partial charge on any atom is -0.480 e. The second-order valence-electron chi connectivity index (χ2n) is 5.23. The van der Waals surface area contributed by atoms with E-state index in [1.807, 2.05) is 24.3 Å². The molecule has 0 saturated carbocycles. The molecule has 2 aromatic rings. The van der Waals surface area contributed by atoms with Gasteiger partial charge in [-0.2, -0.15) is 0 Å². The molecular formula is C18H19N2O2SW-. The normalized spacial score (nSPS) is 15.6. The van der Waals surface area contributed by atoms with Crippen molar-refractivity contribution < 1.29 is 31.0 Å². The van der Waals surface area contributed by atoms with E-state index in [-0.39, 0.29) is 21.1 Å². The monoisotopic (exact) mass is 511 g/mol. The van der Waals surface area contributed by atoms with Gasteiger partial charge in [-0.25, -0.2) is 4.79 Å². The van der Waals surface area contributed by atoms with Gasteiger partial charge in [-0.1, -0.05) is 36.4 Å². The van der Waals surface area contributed by atoms with E-state index >= 15 is 0 Å². The molecule has 4 rings (SSSR count). The van der Waals surface area contributed by atoms with E-state index in [1.54, 1.807) is 0 Å². The van der Waals surface area contributed by atoms with E-state index in [2.05, 4.69) is 53.0 Å². The summed E-state index contributed by atoms with van der Waals surface area (Å²) in [6.07, 6.45) is 1.78. The third-order valence-electron chi connectivity index (χ3n) is 3.80. The van der Waals surface area contributed by atoms with Crippen molar-refractivity contribution in [2.75, 3.05) is 17.2 Å². The van der Waals surface area contributed by atoms with Crippen LogP contribution in [0.15, 0.2) is 48.5 Å². The fourth-order valence-electron chi connectivity index (χ4n) is 2.69. The average Bonchev–Trinajstić information content (AvgIpc) is 3.24. The van der Waals surface area contributed by atoms with E-state index in [4.69, 9.17) is 5.11 Å². The first-order valence-corrected chi connectivity index (χ1v) is 7.84. The fraction of sp³-hybridized carbons (Fsp3) is 0.222. The number of rotatable bonds is 1. The Morgan fingerprint density at radius 1 is 1.04 bits per heavy atom. The summed E-state index contributed by atoms with van der Waals surface area (Å²) < 4.78 is 0. The van der Waals surface area contributed by atoms with Crippen molar-refractivity contribution in [1.82, 2.24) is 0 Å². The van der Waals surface area contributed by atoms with Crippen LogP contribution in [0.5, 0.6) is 0 Å². The second kappa shape index (κ2) is 10.2. The van der Waals surface area contributed by atoms with E-state index in [1.165, 1.54) is 17.7 Å². The quantitative estimate of drug-likeness (QED) is 0.406. The maximum Gasteiger partial charge on any atom is 0.326 e. The van der Waals surface area contributed by atoms with Crippen molar-refractivity contribution in [2.24, 2.45) is 0 Å². The Labute approximate surface area is 161 Å². The number of nitrogens with one attached hydrogen (secondary N) is 2. The molecule has 126 valence electrons. The van der Waals surface area contributed by atoms with E-state index in [0.29, 0.717) is 6.42 Å². The van der Waals surface area contributed by atoms with Crippen molar-refractivity contribution in [2.45, 2.75) is 18.9 Å². The Morgan fingerprint density at radius 3 is 2.21 bits per heavy atom. The SMILES string of the molecule is O=C(O)C1Cc2ccccc2N1.[CH-]=S.[W].c1ccc2c(c1)CCN2. The summed E-state index contributed by atoms with van der Waals surface area (Å²) in [4.78, 5) is 10.6. The van der Waals surface area contributed by atoms with Gasteiger partial charge in [0, 0.05) is 45.4 Å². The number of para-hydroxylation sites is 2. The van der Waals surface area contributed by atoms with Crippen molar-refractivity contribution in [3.8, 4) is 0 Å². The van der Waals surface area contributed by atoms with E-state index in [0.717, 1.165) is 17.8 Å². The van der Waals surface area contributed by atoms with Gasteiger partial charge in [0.1, 0.15) is 6.04 Å². The zero-order valence-corrected chi connectivity index (χ0v) is 16.8. The number of fused-ring (bicyclic) bond motifs is 2. The van der Waals surface area contributed by atoms with Crippen LogP contribution in [0.1, 0.15) is 11.1 Å². The summed E-state index contributed by atoms with van der Waals surface area (Å²) in [5, 5.41) is 15.0. The number of thiocarbonyl (C=S) groups is 1. The molecule has 2 aliphatic heterocycles. The first-order chi connectivity index (χ1) is 11.2. The Kier molecular flexibility index (Phi) is 8.65. The molecule has 0 saturated heterocycles. The average molecular weight is 511 g/mol. The predicted octanol–water partition coefficient (Wildman–Crippen LogP) is 3.25. The fourth-order valence-corrected chi connectivity index (χ4v) is 2.69. The first kappa shape index (κ1) is 20.3. The Balaban J connectivity index is 0.000000215. The summed E-state index contributed by atoms with van der Waals surface area (Å²) in [6, 6.07) is 15.7. The number of carbonyl (C=O) groups is 1. The predicted molar refractivity (Wildman–Crippen MR) is 97.5 cm³/mol. The molecule has 0 aromatic heterocycles. The summed E-state index contributed by atoms with van der Waals surface area (Å²) >= 11 is 3.58. The van der Waals surface area contributed by atoms with E-state index in [9.17, 15) is 4.79 Å². The van der Waals surface area contributed by atoms with Crippen molar-refractivity contribution in [3.63, 3.8) is 0 Å². The van der Waals surface area contributed by atoms with E-state index < -0.39 is 12.0 Å². The Bertz CT molecular complexity index is 634. The van der Waals surface area contributed by atoms with Crippen LogP contribution in [0.3, 0.4) is 0 Å². The number of anilines is 2. The van der Waals surface area contributed by atoms with Gasteiger partial charge in [-0.05, 0) is 29.7 Å². The van der Waals surface area contributed by atoms with Crippen molar-refractivity contribution in [3.05, 3.63) is 59.7 Å². The second-order valence-corrected chi connectivity index (χ2v) is 5.23. The number of benzene rings is 2. The molecule has 0 fully saturated rings. The number of aliphatic carboxylic acids is 1. The molecule has 4 nitrogen and oxygen atoms in total. The Hall–Kier alpha value is -1.71. The van der Waals surface area contributed by atoms with Crippen LogP contribution in [0, 0.1) is 0 Å². The number of hydrogen-bond acceptors (Lipinski definition) is 4. The standard InChI is InChI=1S/C9H9NO2.C8H9N.CHS.W/c11-9(12)8-5-6-3-1-2-4-7(6)10-8;1-2-4-8-7(3-1)5-6-9-8;1-2;/h1-4,8,10H,5H2,(H,11,12);1-4,9H,5-6H2;1H;/q;;-1;. The maximum absolute atomic E-state index is 10.6. The molecule has 0 aliphatic carbocycles. The third kappa shape index (κ3) is 5.15. The first-order valence-electron chi connectivity index (χ1n) is 7.36. The van der Waals surface area contributed by atoms with Gasteiger partial charge in [0.15, 0.2) is 0 Å². The minimum absolute atomic E-state index is 0. The van der Waals surface area contributed by atoms with Gasteiger partial charge in [0.25, 0.3) is 0 Å². The summed E-state index contributed by atoms with van der Waals surface area (Å²) in [5.74, 6) is 3.30. The Morgan fingerprint density at radius 2 is 1.62 bits per heavy atom. The number of carboxylic acid groups (broad SMARTS) is 1. The zero-order valence-electron chi connectivity index (χ0n) is 13.1. The van der Waals surface area contributed by atoms with Gasteiger partial charge in [-0.3, -0.25) is 0 Å². The smallest absolute Gasteiger partial charge is 0.326 e. The largest absolute Gasteiger partial charge is 0.480 e. The molecular weight excluding hydrogens is 492 g/mol. The van der Waals surface area contributed by atoms with Gasteiger partial charge in [0.2, 0.25) is 0 Å². The molecule has 2 aromatic carbocycles. The van der Waals surface area contributed by atoms with Gasteiger partial charge in [0.05, 0.1) is 0 Å².